The van der Waals surface area contributed by atoms with Crippen molar-refractivity contribution in [1.29, 1.82) is 0 Å². The molecule has 0 aromatic carbocycles. The van der Waals surface area contributed by atoms with Gasteiger partial charge in [0.15, 0.2) is 0 Å². The van der Waals surface area contributed by atoms with E-state index in [2.05, 4.69) is 39.8 Å². The molecular weight excluding hydrogens is 108 g/mol. The van der Waals surface area contributed by atoms with E-state index in [1.54, 1.807) is 0 Å². The Bertz CT molecular complexity index is 123. The van der Waals surface area contributed by atoms with Gasteiger partial charge < -0.3 is 0 Å². The van der Waals surface area contributed by atoms with E-state index in [-0.39, 0.29) is 0 Å². The molecule has 0 aromatic rings. The summed E-state index contributed by atoms with van der Waals surface area (Å²) >= 11 is 0. The normalized spacial score (nSPS) is 11.3. The SMILES string of the molecule is C/C=C(/C)CC=C(C)C. The summed E-state index contributed by atoms with van der Waals surface area (Å²) in [6.45, 7) is 8.49. The number of hydrogen-bond acceptors (Lipinski definition) is 0. The number of hydrogen-bond donors (Lipinski definition) is 0. The summed E-state index contributed by atoms with van der Waals surface area (Å²) in [5.41, 5.74) is 2.84. The maximum Gasteiger partial charge on any atom is -0.0139 e. The summed E-state index contributed by atoms with van der Waals surface area (Å²) in [4.78, 5) is 0. The molecule has 0 aromatic heterocycles. The van der Waals surface area contributed by atoms with Gasteiger partial charge >= 0.3 is 0 Å². The first-order chi connectivity index (χ1) is 4.16. The summed E-state index contributed by atoms with van der Waals surface area (Å²) in [7, 11) is 0. The van der Waals surface area contributed by atoms with Crippen molar-refractivity contribution in [3.63, 3.8) is 0 Å². The lowest BCUT2D eigenvalue weighted by Crippen LogP contribution is -1.71. The molecule has 0 heterocycles. The molecular formula is C9H16. The summed E-state index contributed by atoms with van der Waals surface area (Å²) < 4.78 is 0. The molecule has 0 heteroatoms. The highest BCUT2D eigenvalue weighted by atomic mass is 13.9. The van der Waals surface area contributed by atoms with Gasteiger partial charge in [0.1, 0.15) is 0 Å². The number of rotatable bonds is 2. The third kappa shape index (κ3) is 5.35. The smallest absolute Gasteiger partial charge is 0.0139 e. The summed E-state index contributed by atoms with van der Waals surface area (Å²) in [6, 6.07) is 0. The molecule has 52 valence electrons. The predicted molar refractivity (Wildman–Crippen MR) is 43.5 cm³/mol. The minimum Gasteiger partial charge on any atom is -0.0884 e. The second-order valence-corrected chi connectivity index (χ2v) is 2.62. The van der Waals surface area contributed by atoms with Crippen LogP contribution < -0.4 is 0 Å². The zero-order valence-corrected chi connectivity index (χ0v) is 6.86. The van der Waals surface area contributed by atoms with Crippen molar-refractivity contribution < 1.29 is 0 Å². The molecule has 0 radical (unpaired) electrons. The number of allylic oxidation sites excluding steroid dienone is 4. The van der Waals surface area contributed by atoms with E-state index in [4.69, 9.17) is 0 Å². The van der Waals surface area contributed by atoms with Crippen LogP contribution in [0.5, 0.6) is 0 Å². The van der Waals surface area contributed by atoms with E-state index in [0.29, 0.717) is 0 Å². The fourth-order valence-electron chi connectivity index (χ4n) is 0.483. The van der Waals surface area contributed by atoms with Crippen molar-refractivity contribution in [3.8, 4) is 0 Å². The lowest BCUT2D eigenvalue weighted by atomic mass is 10.1. The largest absolute Gasteiger partial charge is 0.0884 e. The molecule has 0 saturated heterocycles. The first-order valence-corrected chi connectivity index (χ1v) is 3.42. The fraction of sp³-hybridized carbons (Fsp3) is 0.556. The Morgan fingerprint density at radius 2 is 1.78 bits per heavy atom. The molecule has 0 spiro atoms. The Hall–Kier alpha value is -0.520. The van der Waals surface area contributed by atoms with Gasteiger partial charge in [-0.25, -0.2) is 0 Å². The maximum absolute atomic E-state index is 2.25. The molecule has 0 rings (SSSR count). The highest BCUT2D eigenvalue weighted by Gasteiger charge is 1.81. The molecule has 0 aliphatic carbocycles. The van der Waals surface area contributed by atoms with Gasteiger partial charge in [0.05, 0.1) is 0 Å². The first kappa shape index (κ1) is 8.48. The van der Waals surface area contributed by atoms with Gasteiger partial charge in [-0.1, -0.05) is 23.3 Å². The van der Waals surface area contributed by atoms with Crippen molar-refractivity contribution >= 4 is 0 Å². The van der Waals surface area contributed by atoms with E-state index >= 15 is 0 Å². The Kier molecular flexibility index (Phi) is 4.12. The fourth-order valence-corrected chi connectivity index (χ4v) is 0.483. The van der Waals surface area contributed by atoms with E-state index in [0.717, 1.165) is 6.42 Å². The molecule has 0 saturated carbocycles. The first-order valence-electron chi connectivity index (χ1n) is 3.42. The van der Waals surface area contributed by atoms with Gasteiger partial charge in [-0.3, -0.25) is 0 Å². The van der Waals surface area contributed by atoms with Crippen LogP contribution in [-0.2, 0) is 0 Å². The highest BCUT2D eigenvalue weighted by molar-refractivity contribution is 5.06. The average Bonchev–Trinajstić information content (AvgIpc) is 1.83. The topological polar surface area (TPSA) is 0 Å². The minimum atomic E-state index is 1.11. The quantitative estimate of drug-likeness (QED) is 0.495. The molecule has 0 N–H and O–H groups in total. The molecule has 0 atom stereocenters. The van der Waals surface area contributed by atoms with Crippen molar-refractivity contribution in [2.24, 2.45) is 0 Å². The van der Waals surface area contributed by atoms with Crippen molar-refractivity contribution in [2.45, 2.75) is 34.1 Å². The van der Waals surface area contributed by atoms with Gasteiger partial charge in [0.25, 0.3) is 0 Å². The van der Waals surface area contributed by atoms with E-state index < -0.39 is 0 Å². The van der Waals surface area contributed by atoms with Crippen LogP contribution in [0.25, 0.3) is 0 Å². The second-order valence-electron chi connectivity index (χ2n) is 2.62. The monoisotopic (exact) mass is 124 g/mol. The van der Waals surface area contributed by atoms with Crippen molar-refractivity contribution in [2.75, 3.05) is 0 Å². The van der Waals surface area contributed by atoms with Crippen LogP contribution in [0.15, 0.2) is 23.3 Å². The van der Waals surface area contributed by atoms with Crippen LogP contribution in [0.2, 0.25) is 0 Å². The van der Waals surface area contributed by atoms with Crippen LogP contribution in [0.3, 0.4) is 0 Å². The molecule has 0 bridgehead atoms. The lowest BCUT2D eigenvalue weighted by Gasteiger charge is -1.92. The zero-order chi connectivity index (χ0) is 7.28. The third-order valence-corrected chi connectivity index (χ3v) is 1.33. The van der Waals surface area contributed by atoms with Crippen molar-refractivity contribution in [3.05, 3.63) is 23.3 Å². The summed E-state index contributed by atoms with van der Waals surface area (Å²) in [5, 5.41) is 0. The molecule has 9 heavy (non-hydrogen) atoms. The van der Waals surface area contributed by atoms with Gasteiger partial charge in [-0.2, -0.15) is 0 Å². The summed E-state index contributed by atoms with van der Waals surface area (Å²) in [5.74, 6) is 0. The molecule has 0 aliphatic heterocycles. The van der Waals surface area contributed by atoms with Crippen LogP contribution >= 0.6 is 0 Å². The van der Waals surface area contributed by atoms with Gasteiger partial charge in [0, 0.05) is 0 Å². The lowest BCUT2D eigenvalue weighted by molar-refractivity contribution is 1.16. The second kappa shape index (κ2) is 4.37. The van der Waals surface area contributed by atoms with Gasteiger partial charge in [-0.15, -0.1) is 0 Å². The maximum atomic E-state index is 2.25. The molecule has 0 amide bonds. The molecule has 0 unspecified atom stereocenters. The Labute approximate surface area is 58.3 Å². The Morgan fingerprint density at radius 1 is 1.22 bits per heavy atom. The molecule has 0 aliphatic rings. The van der Waals surface area contributed by atoms with Crippen LogP contribution in [0.1, 0.15) is 34.1 Å². The third-order valence-electron chi connectivity index (χ3n) is 1.33. The van der Waals surface area contributed by atoms with Crippen LogP contribution in [0.4, 0.5) is 0 Å². The predicted octanol–water partition coefficient (Wildman–Crippen LogP) is 3.31. The minimum absolute atomic E-state index is 1.11. The highest BCUT2D eigenvalue weighted by Crippen LogP contribution is 2.02. The zero-order valence-electron chi connectivity index (χ0n) is 6.86. The summed E-state index contributed by atoms with van der Waals surface area (Å²) in [6.07, 6.45) is 5.51. The Morgan fingerprint density at radius 3 is 2.11 bits per heavy atom. The average molecular weight is 124 g/mol. The van der Waals surface area contributed by atoms with E-state index in [9.17, 15) is 0 Å². The van der Waals surface area contributed by atoms with Crippen LogP contribution in [0, 0.1) is 0 Å². The van der Waals surface area contributed by atoms with Gasteiger partial charge in [0.2, 0.25) is 0 Å². The molecule has 0 fully saturated rings. The van der Waals surface area contributed by atoms with Crippen LogP contribution in [-0.4, -0.2) is 0 Å². The van der Waals surface area contributed by atoms with E-state index in [1.165, 1.54) is 11.1 Å². The van der Waals surface area contributed by atoms with E-state index in [1.807, 2.05) is 0 Å². The standard InChI is InChI=1S/C9H16/c1-5-9(4)7-6-8(2)3/h5-6H,7H2,1-4H3/b9-5-. The van der Waals surface area contributed by atoms with Crippen molar-refractivity contribution in [1.82, 2.24) is 0 Å². The molecule has 0 nitrogen and oxygen atoms in total. The Balaban J connectivity index is 3.64. The van der Waals surface area contributed by atoms with Gasteiger partial charge in [-0.05, 0) is 34.1 Å².